The third-order valence-corrected chi connectivity index (χ3v) is 6.85. The van der Waals surface area contributed by atoms with E-state index >= 15 is 0 Å². The summed E-state index contributed by atoms with van der Waals surface area (Å²) in [5.41, 5.74) is 2.83. The number of carbonyl (C=O) groups excluding carboxylic acids is 2. The van der Waals surface area contributed by atoms with Crippen LogP contribution >= 0.6 is 0 Å². The molecule has 0 aliphatic carbocycles. The van der Waals surface area contributed by atoms with Crippen LogP contribution in [0.25, 0.3) is 0 Å². The maximum absolute atomic E-state index is 13.1. The second-order valence-electron chi connectivity index (χ2n) is 10.3. The molecule has 0 saturated carbocycles. The van der Waals surface area contributed by atoms with Crippen LogP contribution in [0.15, 0.2) is 78.9 Å². The van der Waals surface area contributed by atoms with E-state index in [1.807, 2.05) is 42.5 Å². The number of urea groups is 1. The predicted molar refractivity (Wildman–Crippen MR) is 158 cm³/mol. The van der Waals surface area contributed by atoms with E-state index in [4.69, 9.17) is 9.47 Å². The zero-order valence-corrected chi connectivity index (χ0v) is 23.4. The van der Waals surface area contributed by atoms with Crippen molar-refractivity contribution in [3.8, 4) is 11.5 Å². The van der Waals surface area contributed by atoms with Crippen molar-refractivity contribution >= 4 is 17.6 Å². The van der Waals surface area contributed by atoms with Gasteiger partial charge in [-0.1, -0.05) is 56.3 Å². The van der Waals surface area contributed by atoms with Gasteiger partial charge < -0.3 is 25.4 Å². The van der Waals surface area contributed by atoms with Gasteiger partial charge in [0, 0.05) is 31.7 Å². The topological polar surface area (TPSA) is 91.9 Å². The van der Waals surface area contributed by atoms with Crippen molar-refractivity contribution in [3.63, 3.8) is 0 Å². The molecular weight excluding hydrogens is 504 g/mol. The lowest BCUT2D eigenvalue weighted by atomic mass is 10.0. The lowest BCUT2D eigenvalue weighted by Crippen LogP contribution is -2.49. The molecule has 0 radical (unpaired) electrons. The molecule has 0 spiro atoms. The molecular formula is C32H40N4O4. The molecule has 1 aliphatic rings. The Morgan fingerprint density at radius 1 is 0.900 bits per heavy atom. The number of hydrogen-bond donors (Lipinski definition) is 3. The first-order valence-electron chi connectivity index (χ1n) is 14.0. The molecule has 0 unspecified atom stereocenters. The fraction of sp³-hybridized carbons (Fsp3) is 0.375. The smallest absolute Gasteiger partial charge is 0.319 e. The number of carbonyl (C=O) groups is 2. The highest BCUT2D eigenvalue weighted by atomic mass is 16.5. The summed E-state index contributed by atoms with van der Waals surface area (Å²) in [6.45, 7) is 9.12. The Labute approximate surface area is 237 Å². The zero-order valence-electron chi connectivity index (χ0n) is 23.4. The van der Waals surface area contributed by atoms with Gasteiger partial charge in [0.25, 0.3) is 0 Å². The van der Waals surface area contributed by atoms with E-state index in [9.17, 15) is 9.59 Å². The molecule has 0 bridgehead atoms. The van der Waals surface area contributed by atoms with Crippen molar-refractivity contribution in [2.24, 2.45) is 0 Å². The first kappa shape index (κ1) is 29.1. The van der Waals surface area contributed by atoms with E-state index in [2.05, 4.69) is 46.8 Å². The molecule has 1 fully saturated rings. The molecule has 8 heteroatoms. The minimum atomic E-state index is -0.706. The highest BCUT2D eigenvalue weighted by Gasteiger charge is 2.21. The second-order valence-corrected chi connectivity index (χ2v) is 10.3. The van der Waals surface area contributed by atoms with Crippen molar-refractivity contribution in [2.45, 2.75) is 38.6 Å². The summed E-state index contributed by atoms with van der Waals surface area (Å²) in [5, 5.41) is 8.68. The van der Waals surface area contributed by atoms with Crippen molar-refractivity contribution in [1.29, 1.82) is 0 Å². The quantitative estimate of drug-likeness (QED) is 0.274. The van der Waals surface area contributed by atoms with E-state index in [0.717, 1.165) is 50.6 Å². The standard InChI is InChI=1S/C32H40N4O4/c1-24(2)26-9-13-28(14-10-26)40-29-15-11-27(12-16-29)34-32(38)35-30(23-25-7-4-3-5-8-25)31(37)33-17-6-18-36-19-21-39-22-20-36/h3-5,7-16,24,30H,6,17-23H2,1-2H3,(H,33,37)(H2,34,35,38)/t30-/m0/s1. The van der Waals surface area contributed by atoms with E-state index in [1.165, 1.54) is 5.56 Å². The van der Waals surface area contributed by atoms with Crippen molar-refractivity contribution in [1.82, 2.24) is 15.5 Å². The van der Waals surface area contributed by atoms with Crippen LogP contribution < -0.4 is 20.7 Å². The van der Waals surface area contributed by atoms with Crippen LogP contribution in [0, 0.1) is 0 Å². The van der Waals surface area contributed by atoms with E-state index in [0.29, 0.717) is 30.3 Å². The average molecular weight is 545 g/mol. The molecule has 0 aromatic heterocycles. The van der Waals surface area contributed by atoms with Gasteiger partial charge in [-0.15, -0.1) is 0 Å². The third-order valence-electron chi connectivity index (χ3n) is 6.85. The Morgan fingerprint density at radius 2 is 1.55 bits per heavy atom. The Balaban J connectivity index is 1.29. The van der Waals surface area contributed by atoms with Crippen LogP contribution in [-0.2, 0) is 16.0 Å². The van der Waals surface area contributed by atoms with E-state index < -0.39 is 12.1 Å². The van der Waals surface area contributed by atoms with Gasteiger partial charge in [0.2, 0.25) is 5.91 Å². The van der Waals surface area contributed by atoms with Crippen molar-refractivity contribution in [3.05, 3.63) is 90.0 Å². The van der Waals surface area contributed by atoms with Crippen LogP contribution in [0.4, 0.5) is 10.5 Å². The van der Waals surface area contributed by atoms with Gasteiger partial charge in [-0.3, -0.25) is 9.69 Å². The number of nitrogens with zero attached hydrogens (tertiary/aromatic N) is 1. The van der Waals surface area contributed by atoms with Crippen LogP contribution in [0.3, 0.4) is 0 Å². The molecule has 4 rings (SSSR count). The lowest BCUT2D eigenvalue weighted by Gasteiger charge is -2.26. The van der Waals surface area contributed by atoms with Crippen LogP contribution in [0.2, 0.25) is 0 Å². The minimum absolute atomic E-state index is 0.201. The van der Waals surface area contributed by atoms with Gasteiger partial charge in [0.05, 0.1) is 13.2 Å². The first-order chi connectivity index (χ1) is 19.5. The fourth-order valence-corrected chi connectivity index (χ4v) is 4.51. The SMILES string of the molecule is CC(C)c1ccc(Oc2ccc(NC(=O)N[C@@H](Cc3ccccc3)C(=O)NCCCN3CCOCC3)cc2)cc1. The van der Waals surface area contributed by atoms with Gasteiger partial charge >= 0.3 is 6.03 Å². The maximum atomic E-state index is 13.1. The number of morpholine rings is 1. The molecule has 40 heavy (non-hydrogen) atoms. The Hall–Kier alpha value is -3.88. The molecule has 1 atom stereocenters. The van der Waals surface area contributed by atoms with Gasteiger partial charge in [-0.2, -0.15) is 0 Å². The summed E-state index contributed by atoms with van der Waals surface area (Å²) in [7, 11) is 0. The lowest BCUT2D eigenvalue weighted by molar-refractivity contribution is -0.122. The largest absolute Gasteiger partial charge is 0.457 e. The number of ether oxygens (including phenoxy) is 2. The molecule has 1 aliphatic heterocycles. The van der Waals surface area contributed by atoms with Crippen LogP contribution in [0.1, 0.15) is 37.3 Å². The molecule has 1 heterocycles. The monoisotopic (exact) mass is 544 g/mol. The average Bonchev–Trinajstić information content (AvgIpc) is 2.97. The molecule has 3 amide bonds. The highest BCUT2D eigenvalue weighted by molar-refractivity contribution is 5.93. The summed E-state index contributed by atoms with van der Waals surface area (Å²) >= 11 is 0. The van der Waals surface area contributed by atoms with Crippen molar-refractivity contribution < 1.29 is 19.1 Å². The zero-order chi connectivity index (χ0) is 28.2. The molecule has 3 N–H and O–H groups in total. The summed E-state index contributed by atoms with van der Waals surface area (Å²) < 4.78 is 11.3. The predicted octanol–water partition coefficient (Wildman–Crippen LogP) is 5.17. The van der Waals surface area contributed by atoms with Gasteiger partial charge in [-0.25, -0.2) is 4.79 Å². The van der Waals surface area contributed by atoms with Gasteiger partial charge in [0.15, 0.2) is 0 Å². The molecule has 212 valence electrons. The minimum Gasteiger partial charge on any atom is -0.457 e. The van der Waals surface area contributed by atoms with Gasteiger partial charge in [-0.05, 0) is 66.4 Å². The normalized spacial score (nSPS) is 14.4. The number of rotatable bonds is 12. The molecule has 8 nitrogen and oxygen atoms in total. The fourth-order valence-electron chi connectivity index (χ4n) is 4.51. The van der Waals surface area contributed by atoms with Gasteiger partial charge in [0.1, 0.15) is 17.5 Å². The summed E-state index contributed by atoms with van der Waals surface area (Å²) in [5.74, 6) is 1.68. The Morgan fingerprint density at radius 3 is 2.20 bits per heavy atom. The first-order valence-corrected chi connectivity index (χ1v) is 14.0. The third kappa shape index (κ3) is 9.39. The molecule has 3 aromatic carbocycles. The summed E-state index contributed by atoms with van der Waals surface area (Å²) in [6, 6.07) is 23.7. The number of nitrogens with one attached hydrogen (secondary N) is 3. The Kier molecular flexibility index (Phi) is 11.0. The number of benzene rings is 3. The number of amides is 3. The number of anilines is 1. The van der Waals surface area contributed by atoms with E-state index in [-0.39, 0.29) is 5.91 Å². The summed E-state index contributed by atoms with van der Waals surface area (Å²) in [6.07, 6.45) is 1.23. The Bertz CT molecular complexity index is 1190. The van der Waals surface area contributed by atoms with Crippen LogP contribution in [0.5, 0.6) is 11.5 Å². The number of hydrogen-bond acceptors (Lipinski definition) is 5. The molecule has 3 aromatic rings. The molecule has 1 saturated heterocycles. The highest BCUT2D eigenvalue weighted by Crippen LogP contribution is 2.25. The second kappa shape index (κ2) is 15.1. The van der Waals surface area contributed by atoms with Crippen LogP contribution in [-0.4, -0.2) is 62.3 Å². The van der Waals surface area contributed by atoms with Crippen molar-refractivity contribution in [2.75, 3.05) is 44.7 Å². The van der Waals surface area contributed by atoms with E-state index in [1.54, 1.807) is 24.3 Å². The summed E-state index contributed by atoms with van der Waals surface area (Å²) in [4.78, 5) is 28.3. The maximum Gasteiger partial charge on any atom is 0.319 e.